The first-order valence-corrected chi connectivity index (χ1v) is 5.59. The minimum Gasteiger partial charge on any atom is -0.480 e. The molecule has 0 aromatic carbocycles. The normalized spacial score (nSPS) is 10.1. The summed E-state index contributed by atoms with van der Waals surface area (Å²) in [6, 6.07) is 0. The van der Waals surface area contributed by atoms with Gasteiger partial charge in [0.1, 0.15) is 5.82 Å². The van der Waals surface area contributed by atoms with Crippen LogP contribution in [0.3, 0.4) is 0 Å². The van der Waals surface area contributed by atoms with Crippen LogP contribution in [-0.4, -0.2) is 28.5 Å². The van der Waals surface area contributed by atoms with E-state index in [0.717, 1.165) is 11.4 Å². The Morgan fingerprint density at radius 2 is 2.31 bits per heavy atom. The molecular formula is C10H12N4OS. The van der Waals surface area contributed by atoms with Gasteiger partial charge >= 0.3 is 0 Å². The Morgan fingerprint density at radius 1 is 1.44 bits per heavy atom. The monoisotopic (exact) mass is 236 g/mol. The van der Waals surface area contributed by atoms with Gasteiger partial charge in [-0.1, -0.05) is 0 Å². The van der Waals surface area contributed by atoms with Gasteiger partial charge in [-0.2, -0.15) is 4.37 Å². The first-order valence-electron chi connectivity index (χ1n) is 4.75. The lowest BCUT2D eigenvalue weighted by Crippen LogP contribution is -2.17. The van der Waals surface area contributed by atoms with E-state index >= 15 is 0 Å². The van der Waals surface area contributed by atoms with Crippen molar-refractivity contribution in [3.63, 3.8) is 0 Å². The molecule has 2 aromatic rings. The molecule has 0 aliphatic heterocycles. The fourth-order valence-corrected chi connectivity index (χ4v) is 1.99. The van der Waals surface area contributed by atoms with Crippen molar-refractivity contribution in [1.29, 1.82) is 0 Å². The number of hydrogen-bond donors (Lipinski definition) is 0. The highest BCUT2D eigenvalue weighted by atomic mass is 32.1. The van der Waals surface area contributed by atoms with Crippen LogP contribution in [0.5, 0.6) is 5.88 Å². The molecule has 2 aromatic heterocycles. The van der Waals surface area contributed by atoms with Crippen molar-refractivity contribution in [3.05, 3.63) is 29.5 Å². The molecule has 0 saturated heterocycles. The highest BCUT2D eigenvalue weighted by Gasteiger charge is 2.10. The van der Waals surface area contributed by atoms with Crippen LogP contribution < -0.4 is 9.64 Å². The Balaban J connectivity index is 2.11. The van der Waals surface area contributed by atoms with Gasteiger partial charge in [0.05, 0.1) is 19.9 Å². The first-order chi connectivity index (χ1) is 7.81. The van der Waals surface area contributed by atoms with E-state index in [2.05, 4.69) is 14.3 Å². The van der Waals surface area contributed by atoms with Crippen molar-refractivity contribution < 1.29 is 4.74 Å². The third-order valence-electron chi connectivity index (χ3n) is 2.15. The average molecular weight is 236 g/mol. The molecule has 84 valence electrons. The van der Waals surface area contributed by atoms with E-state index in [1.807, 2.05) is 17.3 Å². The lowest BCUT2D eigenvalue weighted by Gasteiger charge is -2.16. The second kappa shape index (κ2) is 4.89. The highest BCUT2D eigenvalue weighted by molar-refractivity contribution is 7.03. The van der Waals surface area contributed by atoms with Gasteiger partial charge in [0.25, 0.3) is 0 Å². The Kier molecular flexibility index (Phi) is 3.31. The Bertz CT molecular complexity index is 445. The van der Waals surface area contributed by atoms with Crippen LogP contribution in [0.15, 0.2) is 24.0 Å². The van der Waals surface area contributed by atoms with Crippen LogP contribution in [0, 0.1) is 0 Å². The third kappa shape index (κ3) is 2.27. The van der Waals surface area contributed by atoms with Gasteiger partial charge in [-0.3, -0.25) is 4.98 Å². The minimum atomic E-state index is 0.681. The molecule has 0 amide bonds. The zero-order valence-electron chi connectivity index (χ0n) is 9.12. The molecule has 0 aliphatic rings. The van der Waals surface area contributed by atoms with Gasteiger partial charge < -0.3 is 9.64 Å². The van der Waals surface area contributed by atoms with E-state index in [4.69, 9.17) is 4.74 Å². The molecule has 2 rings (SSSR count). The lowest BCUT2D eigenvalue weighted by atomic mass is 10.3. The second-order valence-corrected chi connectivity index (χ2v) is 3.90. The van der Waals surface area contributed by atoms with Crippen LogP contribution >= 0.6 is 11.5 Å². The maximum absolute atomic E-state index is 5.16. The summed E-state index contributed by atoms with van der Waals surface area (Å²) in [6.45, 7) is 0.707. The van der Waals surface area contributed by atoms with E-state index < -0.39 is 0 Å². The molecule has 5 nitrogen and oxygen atoms in total. The first kappa shape index (κ1) is 10.8. The SMILES string of the molecule is COc1nscc1CN(C)c1cnccn1. The van der Waals surface area contributed by atoms with E-state index in [1.165, 1.54) is 11.5 Å². The van der Waals surface area contributed by atoms with Gasteiger partial charge in [0, 0.05) is 30.4 Å². The van der Waals surface area contributed by atoms with Crippen molar-refractivity contribution in [2.45, 2.75) is 6.54 Å². The van der Waals surface area contributed by atoms with Crippen LogP contribution in [-0.2, 0) is 6.54 Å². The van der Waals surface area contributed by atoms with Gasteiger partial charge in [0.2, 0.25) is 5.88 Å². The quantitative estimate of drug-likeness (QED) is 0.806. The molecular weight excluding hydrogens is 224 g/mol. The average Bonchev–Trinajstić information content (AvgIpc) is 2.77. The summed E-state index contributed by atoms with van der Waals surface area (Å²) < 4.78 is 9.30. The predicted octanol–water partition coefficient (Wildman–Crippen LogP) is 1.58. The number of rotatable bonds is 4. The molecule has 0 saturated carbocycles. The van der Waals surface area contributed by atoms with Crippen LogP contribution in [0.25, 0.3) is 0 Å². The summed E-state index contributed by atoms with van der Waals surface area (Å²) in [5, 5.41) is 1.98. The Labute approximate surface area is 97.9 Å². The molecule has 0 bridgehead atoms. The molecule has 16 heavy (non-hydrogen) atoms. The zero-order chi connectivity index (χ0) is 11.4. The zero-order valence-corrected chi connectivity index (χ0v) is 9.94. The van der Waals surface area contributed by atoms with Crippen molar-refractivity contribution in [2.75, 3.05) is 19.1 Å². The van der Waals surface area contributed by atoms with E-state index in [1.54, 1.807) is 25.7 Å². The lowest BCUT2D eigenvalue weighted by molar-refractivity contribution is 0.397. The van der Waals surface area contributed by atoms with Crippen molar-refractivity contribution in [3.8, 4) is 5.88 Å². The number of ether oxygens (including phenoxy) is 1. The Hall–Kier alpha value is -1.69. The van der Waals surface area contributed by atoms with E-state index in [0.29, 0.717) is 12.4 Å². The third-order valence-corrected chi connectivity index (χ3v) is 2.81. The molecule has 0 unspecified atom stereocenters. The van der Waals surface area contributed by atoms with Gasteiger partial charge in [-0.15, -0.1) is 0 Å². The molecule has 2 heterocycles. The standard InChI is InChI=1S/C10H12N4OS/c1-14(9-5-11-3-4-12-9)6-8-7-16-13-10(8)15-2/h3-5,7H,6H2,1-2H3. The number of methoxy groups -OCH3 is 1. The fourth-order valence-electron chi connectivity index (χ4n) is 1.34. The molecule has 6 heteroatoms. The van der Waals surface area contributed by atoms with Crippen molar-refractivity contribution in [1.82, 2.24) is 14.3 Å². The van der Waals surface area contributed by atoms with Crippen LogP contribution in [0.1, 0.15) is 5.56 Å². The topological polar surface area (TPSA) is 51.1 Å². The smallest absolute Gasteiger partial charge is 0.229 e. The molecule has 0 aliphatic carbocycles. The number of nitrogens with zero attached hydrogens (tertiary/aromatic N) is 4. The number of aromatic nitrogens is 3. The van der Waals surface area contributed by atoms with Crippen LogP contribution in [0.4, 0.5) is 5.82 Å². The molecule has 0 spiro atoms. The minimum absolute atomic E-state index is 0.681. The maximum Gasteiger partial charge on any atom is 0.229 e. The summed E-state index contributed by atoms with van der Waals surface area (Å²) in [6.07, 6.45) is 5.06. The van der Waals surface area contributed by atoms with Gasteiger partial charge in [-0.25, -0.2) is 4.98 Å². The van der Waals surface area contributed by atoms with Crippen molar-refractivity contribution >= 4 is 17.4 Å². The largest absolute Gasteiger partial charge is 0.480 e. The number of anilines is 1. The summed E-state index contributed by atoms with van der Waals surface area (Å²) in [5.74, 6) is 1.51. The summed E-state index contributed by atoms with van der Waals surface area (Å²) in [5.41, 5.74) is 1.06. The van der Waals surface area contributed by atoms with Crippen LogP contribution in [0.2, 0.25) is 0 Å². The Morgan fingerprint density at radius 3 is 3.00 bits per heavy atom. The fraction of sp³-hybridized carbons (Fsp3) is 0.300. The van der Waals surface area contributed by atoms with Gasteiger partial charge in [0.15, 0.2) is 0 Å². The summed E-state index contributed by atoms with van der Waals surface area (Å²) in [7, 11) is 3.59. The molecule has 0 radical (unpaired) electrons. The second-order valence-electron chi connectivity index (χ2n) is 3.27. The summed E-state index contributed by atoms with van der Waals surface area (Å²) in [4.78, 5) is 10.2. The molecule has 0 N–H and O–H groups in total. The van der Waals surface area contributed by atoms with E-state index in [-0.39, 0.29) is 0 Å². The molecule has 0 atom stereocenters. The number of hydrogen-bond acceptors (Lipinski definition) is 6. The molecule has 0 fully saturated rings. The van der Waals surface area contributed by atoms with E-state index in [9.17, 15) is 0 Å². The highest BCUT2D eigenvalue weighted by Crippen LogP contribution is 2.21. The van der Waals surface area contributed by atoms with Gasteiger partial charge in [-0.05, 0) is 11.5 Å². The summed E-state index contributed by atoms with van der Waals surface area (Å²) >= 11 is 1.39. The van der Waals surface area contributed by atoms with Crippen molar-refractivity contribution in [2.24, 2.45) is 0 Å². The maximum atomic E-state index is 5.16. The predicted molar refractivity (Wildman–Crippen MR) is 62.8 cm³/mol.